The Kier molecular flexibility index (Phi) is 5.16. The van der Waals surface area contributed by atoms with E-state index in [0.717, 1.165) is 5.56 Å². The second-order valence-corrected chi connectivity index (χ2v) is 5.02. The maximum absolute atomic E-state index is 12.0. The summed E-state index contributed by atoms with van der Waals surface area (Å²) >= 11 is 0. The van der Waals surface area contributed by atoms with E-state index in [1.165, 1.54) is 6.07 Å². The van der Waals surface area contributed by atoms with E-state index in [4.69, 9.17) is 4.74 Å². The Labute approximate surface area is 123 Å². The van der Waals surface area contributed by atoms with Crippen LogP contribution in [0.5, 0.6) is 5.75 Å². The van der Waals surface area contributed by atoms with Gasteiger partial charge in [0.1, 0.15) is 5.75 Å². The fraction of sp³-hybridized carbons (Fsp3) is 0.467. The van der Waals surface area contributed by atoms with Crippen LogP contribution in [0.4, 0.5) is 0 Å². The van der Waals surface area contributed by atoms with E-state index in [1.54, 1.807) is 17.0 Å². The Morgan fingerprint density at radius 1 is 1.33 bits per heavy atom. The van der Waals surface area contributed by atoms with Gasteiger partial charge in [-0.3, -0.25) is 9.59 Å². The molecule has 0 bridgehead atoms. The van der Waals surface area contributed by atoms with Gasteiger partial charge < -0.3 is 20.1 Å². The van der Waals surface area contributed by atoms with Crippen molar-refractivity contribution in [2.24, 2.45) is 0 Å². The minimum Gasteiger partial charge on any atom is -0.507 e. The van der Waals surface area contributed by atoms with Gasteiger partial charge in [-0.2, -0.15) is 0 Å². The molecule has 0 radical (unpaired) electrons. The van der Waals surface area contributed by atoms with Crippen molar-refractivity contribution in [3.63, 3.8) is 0 Å². The van der Waals surface area contributed by atoms with E-state index in [9.17, 15) is 14.7 Å². The monoisotopic (exact) mass is 292 g/mol. The van der Waals surface area contributed by atoms with Gasteiger partial charge in [0, 0.05) is 26.1 Å². The highest BCUT2D eigenvalue weighted by molar-refractivity contribution is 5.97. The average Bonchev–Trinajstić information content (AvgIpc) is 2.50. The van der Waals surface area contributed by atoms with Gasteiger partial charge in [0.05, 0.1) is 18.8 Å². The molecule has 21 heavy (non-hydrogen) atoms. The first-order valence-electron chi connectivity index (χ1n) is 7.01. The van der Waals surface area contributed by atoms with Gasteiger partial charge in [0.25, 0.3) is 5.91 Å². The first-order valence-corrected chi connectivity index (χ1v) is 7.01. The molecule has 1 aliphatic rings. The Morgan fingerprint density at radius 2 is 2.05 bits per heavy atom. The van der Waals surface area contributed by atoms with Gasteiger partial charge in [-0.05, 0) is 19.1 Å². The summed E-state index contributed by atoms with van der Waals surface area (Å²) in [6, 6.07) is 4.84. The quantitative estimate of drug-likeness (QED) is 0.855. The lowest BCUT2D eigenvalue weighted by atomic mass is 10.1. The number of benzene rings is 1. The van der Waals surface area contributed by atoms with Crippen LogP contribution in [0.3, 0.4) is 0 Å². The molecule has 2 rings (SSSR count). The van der Waals surface area contributed by atoms with Crippen LogP contribution in [0.1, 0.15) is 22.3 Å². The molecular formula is C15H20N2O4. The minimum atomic E-state index is -0.369. The third-order valence-corrected chi connectivity index (χ3v) is 3.38. The summed E-state index contributed by atoms with van der Waals surface area (Å²) in [5.74, 6) is -0.421. The minimum absolute atomic E-state index is 0.00654. The molecular weight excluding hydrogens is 272 g/mol. The maximum atomic E-state index is 12.0. The molecule has 6 heteroatoms. The third kappa shape index (κ3) is 4.19. The number of hydrogen-bond donors (Lipinski definition) is 2. The van der Waals surface area contributed by atoms with Gasteiger partial charge in [-0.25, -0.2) is 0 Å². The molecule has 2 amide bonds. The number of morpholine rings is 1. The first kappa shape index (κ1) is 15.3. The highest BCUT2D eigenvalue weighted by Crippen LogP contribution is 2.17. The van der Waals surface area contributed by atoms with Crippen LogP contribution >= 0.6 is 0 Å². The number of nitrogens with zero attached hydrogens (tertiary/aromatic N) is 1. The lowest BCUT2D eigenvalue weighted by molar-refractivity contribution is -0.135. The lowest BCUT2D eigenvalue weighted by Gasteiger charge is -2.26. The smallest absolute Gasteiger partial charge is 0.255 e. The molecule has 0 spiro atoms. The van der Waals surface area contributed by atoms with E-state index in [0.29, 0.717) is 26.3 Å². The van der Waals surface area contributed by atoms with E-state index >= 15 is 0 Å². The normalized spacial score (nSPS) is 14.8. The number of ether oxygens (including phenoxy) is 1. The van der Waals surface area contributed by atoms with Crippen molar-refractivity contribution in [1.82, 2.24) is 10.2 Å². The van der Waals surface area contributed by atoms with Crippen LogP contribution in [0, 0.1) is 6.92 Å². The zero-order valence-electron chi connectivity index (χ0n) is 12.1. The number of carbonyl (C=O) groups excluding carboxylic acids is 2. The fourth-order valence-corrected chi connectivity index (χ4v) is 2.18. The summed E-state index contributed by atoms with van der Waals surface area (Å²) in [5.41, 5.74) is 1.12. The van der Waals surface area contributed by atoms with Crippen LogP contribution in [0.25, 0.3) is 0 Å². The second-order valence-electron chi connectivity index (χ2n) is 5.02. The third-order valence-electron chi connectivity index (χ3n) is 3.38. The SMILES string of the molecule is Cc1ccc(O)c(C(=O)NCCC(=O)N2CCOCC2)c1. The number of amides is 2. The summed E-state index contributed by atoms with van der Waals surface area (Å²) in [5, 5.41) is 12.3. The van der Waals surface area contributed by atoms with Crippen LogP contribution < -0.4 is 5.32 Å². The number of carbonyl (C=O) groups is 2. The van der Waals surface area contributed by atoms with Gasteiger partial charge in [-0.1, -0.05) is 11.6 Å². The predicted octanol–water partition coefficient (Wildman–Crippen LogP) is 0.679. The number of hydrogen-bond acceptors (Lipinski definition) is 4. The van der Waals surface area contributed by atoms with Crippen LogP contribution in [0.15, 0.2) is 18.2 Å². The molecule has 0 saturated carbocycles. The molecule has 6 nitrogen and oxygen atoms in total. The van der Waals surface area contributed by atoms with Crippen molar-refractivity contribution >= 4 is 11.8 Å². The number of phenolic OH excluding ortho intramolecular Hbond substituents is 1. The van der Waals surface area contributed by atoms with E-state index < -0.39 is 0 Å². The van der Waals surface area contributed by atoms with E-state index in [1.807, 2.05) is 6.92 Å². The molecule has 1 heterocycles. The molecule has 1 fully saturated rings. The van der Waals surface area contributed by atoms with E-state index in [2.05, 4.69) is 5.32 Å². The van der Waals surface area contributed by atoms with Crippen molar-refractivity contribution < 1.29 is 19.4 Å². The average molecular weight is 292 g/mol. The van der Waals surface area contributed by atoms with Crippen molar-refractivity contribution in [3.8, 4) is 5.75 Å². The molecule has 1 aromatic carbocycles. The number of nitrogens with one attached hydrogen (secondary N) is 1. The summed E-state index contributed by atoms with van der Waals surface area (Å²) in [4.78, 5) is 25.6. The molecule has 0 aliphatic carbocycles. The van der Waals surface area contributed by atoms with Crippen molar-refractivity contribution in [2.45, 2.75) is 13.3 Å². The molecule has 0 atom stereocenters. The Morgan fingerprint density at radius 3 is 2.76 bits per heavy atom. The van der Waals surface area contributed by atoms with Crippen LogP contribution in [-0.4, -0.2) is 54.7 Å². The fourth-order valence-electron chi connectivity index (χ4n) is 2.18. The topological polar surface area (TPSA) is 78.9 Å². The van der Waals surface area contributed by atoms with E-state index in [-0.39, 0.29) is 36.1 Å². The summed E-state index contributed by atoms with van der Waals surface area (Å²) < 4.78 is 5.18. The molecule has 2 N–H and O–H groups in total. The highest BCUT2D eigenvalue weighted by atomic mass is 16.5. The zero-order chi connectivity index (χ0) is 15.2. The van der Waals surface area contributed by atoms with Crippen molar-refractivity contribution in [2.75, 3.05) is 32.8 Å². The standard InChI is InChI=1S/C15H20N2O4/c1-11-2-3-13(18)12(10-11)15(20)16-5-4-14(19)17-6-8-21-9-7-17/h2-3,10,18H,4-9H2,1H3,(H,16,20). The molecule has 1 aromatic rings. The van der Waals surface area contributed by atoms with Gasteiger partial charge >= 0.3 is 0 Å². The van der Waals surface area contributed by atoms with Gasteiger partial charge in [-0.15, -0.1) is 0 Å². The number of aromatic hydroxyl groups is 1. The predicted molar refractivity (Wildman–Crippen MR) is 77.2 cm³/mol. The number of aryl methyl sites for hydroxylation is 1. The molecule has 0 unspecified atom stereocenters. The molecule has 1 saturated heterocycles. The van der Waals surface area contributed by atoms with Crippen LogP contribution in [0.2, 0.25) is 0 Å². The Bertz CT molecular complexity index is 524. The number of phenols is 1. The van der Waals surface area contributed by atoms with Crippen molar-refractivity contribution in [3.05, 3.63) is 29.3 Å². The lowest BCUT2D eigenvalue weighted by Crippen LogP contribution is -2.42. The Balaban J connectivity index is 1.81. The van der Waals surface area contributed by atoms with Crippen molar-refractivity contribution in [1.29, 1.82) is 0 Å². The summed E-state index contributed by atoms with van der Waals surface area (Å²) in [6.07, 6.45) is 0.248. The number of rotatable bonds is 4. The summed E-state index contributed by atoms with van der Waals surface area (Å²) in [6.45, 7) is 4.43. The maximum Gasteiger partial charge on any atom is 0.255 e. The van der Waals surface area contributed by atoms with Crippen LogP contribution in [-0.2, 0) is 9.53 Å². The second kappa shape index (κ2) is 7.08. The molecule has 0 aromatic heterocycles. The first-order chi connectivity index (χ1) is 10.1. The molecule has 1 aliphatic heterocycles. The molecule has 114 valence electrons. The van der Waals surface area contributed by atoms with Gasteiger partial charge in [0.15, 0.2) is 0 Å². The summed E-state index contributed by atoms with van der Waals surface area (Å²) in [7, 11) is 0. The largest absolute Gasteiger partial charge is 0.507 e. The highest BCUT2D eigenvalue weighted by Gasteiger charge is 2.17. The Hall–Kier alpha value is -2.08. The van der Waals surface area contributed by atoms with Gasteiger partial charge in [0.2, 0.25) is 5.91 Å². The zero-order valence-corrected chi connectivity index (χ0v) is 12.1.